The topological polar surface area (TPSA) is 77.8 Å². The average molecular weight is 264 g/mol. The van der Waals surface area contributed by atoms with Gasteiger partial charge in [-0.1, -0.05) is 32.5 Å². The van der Waals surface area contributed by atoms with Gasteiger partial charge in [-0.25, -0.2) is 15.0 Å². The smallest absolute Gasteiger partial charge is 0.204 e. The SMILES string of the molecule is CC(C)(C)c1cnc(CSc2nccnc2N)o1. The Labute approximate surface area is 110 Å². The number of hydrogen-bond acceptors (Lipinski definition) is 6. The van der Waals surface area contributed by atoms with Crippen LogP contribution in [-0.4, -0.2) is 15.0 Å². The summed E-state index contributed by atoms with van der Waals surface area (Å²) in [6, 6.07) is 0. The minimum atomic E-state index is -0.0263. The fourth-order valence-electron chi connectivity index (χ4n) is 1.30. The van der Waals surface area contributed by atoms with Gasteiger partial charge in [-0.2, -0.15) is 0 Å². The van der Waals surface area contributed by atoms with Crippen LogP contribution in [0.4, 0.5) is 5.82 Å². The molecule has 2 heterocycles. The number of aromatic nitrogens is 3. The van der Waals surface area contributed by atoms with Gasteiger partial charge in [0.1, 0.15) is 10.8 Å². The standard InChI is InChI=1S/C12H16N4OS/c1-12(2,3)8-6-16-9(17-8)7-18-11-10(13)14-4-5-15-11/h4-6H,7H2,1-3H3,(H2,13,14). The first-order valence-electron chi connectivity index (χ1n) is 5.61. The molecule has 0 spiro atoms. The van der Waals surface area contributed by atoms with E-state index in [2.05, 4.69) is 35.7 Å². The van der Waals surface area contributed by atoms with Crippen molar-refractivity contribution in [1.29, 1.82) is 0 Å². The van der Waals surface area contributed by atoms with Crippen LogP contribution in [0.1, 0.15) is 32.4 Å². The van der Waals surface area contributed by atoms with Gasteiger partial charge < -0.3 is 10.2 Å². The van der Waals surface area contributed by atoms with Gasteiger partial charge >= 0.3 is 0 Å². The second kappa shape index (κ2) is 4.97. The first kappa shape index (κ1) is 12.9. The third-order valence-corrected chi connectivity index (χ3v) is 3.30. The number of nitrogen functional groups attached to an aromatic ring is 1. The maximum atomic E-state index is 5.71. The molecule has 96 valence electrons. The molecule has 0 saturated carbocycles. The van der Waals surface area contributed by atoms with Gasteiger partial charge in [-0.15, -0.1) is 0 Å². The fraction of sp³-hybridized carbons (Fsp3) is 0.417. The molecule has 0 bridgehead atoms. The molecule has 0 aliphatic rings. The van der Waals surface area contributed by atoms with Crippen molar-refractivity contribution in [3.05, 3.63) is 30.2 Å². The van der Waals surface area contributed by atoms with E-state index in [1.54, 1.807) is 18.6 Å². The molecule has 2 aromatic rings. The monoisotopic (exact) mass is 264 g/mol. The lowest BCUT2D eigenvalue weighted by Crippen LogP contribution is -2.09. The van der Waals surface area contributed by atoms with E-state index in [4.69, 9.17) is 10.2 Å². The fourth-order valence-corrected chi connectivity index (χ4v) is 2.03. The molecular weight excluding hydrogens is 248 g/mol. The molecule has 0 aliphatic carbocycles. The van der Waals surface area contributed by atoms with Crippen LogP contribution in [0.2, 0.25) is 0 Å². The lowest BCUT2D eigenvalue weighted by Gasteiger charge is -2.13. The van der Waals surface area contributed by atoms with Crippen molar-refractivity contribution in [3.63, 3.8) is 0 Å². The van der Waals surface area contributed by atoms with Crippen molar-refractivity contribution in [1.82, 2.24) is 15.0 Å². The summed E-state index contributed by atoms with van der Waals surface area (Å²) in [6.45, 7) is 6.27. The van der Waals surface area contributed by atoms with Crippen LogP contribution in [0.3, 0.4) is 0 Å². The highest BCUT2D eigenvalue weighted by Crippen LogP contribution is 2.27. The molecule has 5 nitrogen and oxygen atoms in total. The molecular formula is C12H16N4OS. The molecule has 2 N–H and O–H groups in total. The Morgan fingerprint density at radius 2 is 1.94 bits per heavy atom. The normalized spacial score (nSPS) is 11.7. The number of thioether (sulfide) groups is 1. The van der Waals surface area contributed by atoms with Crippen LogP contribution in [-0.2, 0) is 11.2 Å². The molecule has 0 fully saturated rings. The van der Waals surface area contributed by atoms with Crippen molar-refractivity contribution in [3.8, 4) is 0 Å². The summed E-state index contributed by atoms with van der Waals surface area (Å²) < 4.78 is 5.69. The Kier molecular flexibility index (Phi) is 3.56. The van der Waals surface area contributed by atoms with E-state index >= 15 is 0 Å². The third kappa shape index (κ3) is 3.01. The molecule has 18 heavy (non-hydrogen) atoms. The minimum absolute atomic E-state index is 0.0263. The summed E-state index contributed by atoms with van der Waals surface area (Å²) >= 11 is 1.47. The molecule has 2 rings (SSSR count). The van der Waals surface area contributed by atoms with Gasteiger partial charge in [0.25, 0.3) is 0 Å². The lowest BCUT2D eigenvalue weighted by atomic mass is 9.94. The molecule has 0 saturated heterocycles. The van der Waals surface area contributed by atoms with Crippen LogP contribution in [0.5, 0.6) is 0 Å². The highest BCUT2D eigenvalue weighted by Gasteiger charge is 2.19. The summed E-state index contributed by atoms with van der Waals surface area (Å²) in [5, 5.41) is 0.702. The average Bonchev–Trinajstić information content (AvgIpc) is 2.76. The van der Waals surface area contributed by atoms with Gasteiger partial charge in [-0.3, -0.25) is 0 Å². The largest absolute Gasteiger partial charge is 0.444 e. The number of rotatable bonds is 3. The molecule has 0 aliphatic heterocycles. The van der Waals surface area contributed by atoms with Crippen molar-refractivity contribution in [2.45, 2.75) is 37.0 Å². The zero-order valence-electron chi connectivity index (χ0n) is 10.7. The Morgan fingerprint density at radius 3 is 2.56 bits per heavy atom. The van der Waals surface area contributed by atoms with Gasteiger partial charge in [0, 0.05) is 17.8 Å². The third-order valence-electron chi connectivity index (χ3n) is 2.32. The van der Waals surface area contributed by atoms with Gasteiger partial charge in [-0.05, 0) is 0 Å². The Balaban J connectivity index is 2.03. The number of nitrogens with two attached hydrogens (primary N) is 1. The maximum absolute atomic E-state index is 5.71. The maximum Gasteiger partial charge on any atom is 0.204 e. The second-order valence-corrected chi connectivity index (χ2v) is 5.87. The number of hydrogen-bond donors (Lipinski definition) is 1. The van der Waals surface area contributed by atoms with Crippen molar-refractivity contribution < 1.29 is 4.42 Å². The number of anilines is 1. The quantitative estimate of drug-likeness (QED) is 0.859. The van der Waals surface area contributed by atoms with E-state index in [-0.39, 0.29) is 5.41 Å². The Bertz CT molecular complexity index is 533. The second-order valence-electron chi connectivity index (χ2n) is 4.90. The van der Waals surface area contributed by atoms with E-state index in [1.165, 1.54) is 11.8 Å². The zero-order valence-corrected chi connectivity index (χ0v) is 11.5. The van der Waals surface area contributed by atoms with Gasteiger partial charge in [0.2, 0.25) is 5.89 Å². The molecule has 2 aromatic heterocycles. The van der Waals surface area contributed by atoms with Gasteiger partial charge in [0.05, 0.1) is 11.9 Å². The van der Waals surface area contributed by atoms with Crippen LogP contribution in [0.25, 0.3) is 0 Å². The van der Waals surface area contributed by atoms with E-state index in [1.807, 2.05) is 0 Å². The lowest BCUT2D eigenvalue weighted by molar-refractivity contribution is 0.391. The van der Waals surface area contributed by atoms with Crippen molar-refractivity contribution >= 4 is 17.6 Å². The summed E-state index contributed by atoms with van der Waals surface area (Å²) in [4.78, 5) is 12.4. The highest BCUT2D eigenvalue weighted by atomic mass is 32.2. The molecule has 0 atom stereocenters. The highest BCUT2D eigenvalue weighted by molar-refractivity contribution is 7.98. The summed E-state index contributed by atoms with van der Waals surface area (Å²) in [5.41, 5.74) is 5.69. The van der Waals surface area contributed by atoms with Crippen molar-refractivity contribution in [2.24, 2.45) is 0 Å². The Morgan fingerprint density at radius 1 is 1.22 bits per heavy atom. The summed E-state index contributed by atoms with van der Waals surface area (Å²) in [6.07, 6.45) is 4.97. The van der Waals surface area contributed by atoms with Crippen molar-refractivity contribution in [2.75, 3.05) is 5.73 Å². The molecule has 0 unspecified atom stereocenters. The summed E-state index contributed by atoms with van der Waals surface area (Å²) in [5.74, 6) is 2.59. The summed E-state index contributed by atoms with van der Waals surface area (Å²) in [7, 11) is 0. The van der Waals surface area contributed by atoms with Crippen LogP contribution >= 0.6 is 11.8 Å². The van der Waals surface area contributed by atoms with E-state index in [0.717, 1.165) is 5.76 Å². The zero-order chi connectivity index (χ0) is 13.2. The first-order valence-corrected chi connectivity index (χ1v) is 6.60. The number of nitrogens with zero attached hydrogens (tertiary/aromatic N) is 3. The molecule has 0 amide bonds. The predicted octanol–water partition coefficient (Wildman–Crippen LogP) is 2.64. The van der Waals surface area contributed by atoms with Gasteiger partial charge in [0.15, 0.2) is 5.82 Å². The predicted molar refractivity (Wildman–Crippen MR) is 71.2 cm³/mol. The number of oxazole rings is 1. The molecule has 0 radical (unpaired) electrons. The van der Waals surface area contributed by atoms with Crippen LogP contribution in [0.15, 0.2) is 28.0 Å². The van der Waals surface area contributed by atoms with Crippen LogP contribution < -0.4 is 5.73 Å². The molecule has 6 heteroatoms. The minimum Gasteiger partial charge on any atom is -0.444 e. The first-order chi connectivity index (χ1) is 8.47. The van der Waals surface area contributed by atoms with E-state index < -0.39 is 0 Å². The van der Waals surface area contributed by atoms with E-state index in [9.17, 15) is 0 Å². The Hall–Kier alpha value is -1.56. The van der Waals surface area contributed by atoms with Crippen LogP contribution in [0, 0.1) is 0 Å². The molecule has 0 aromatic carbocycles. The van der Waals surface area contributed by atoms with E-state index in [0.29, 0.717) is 22.5 Å².